The van der Waals surface area contributed by atoms with Gasteiger partial charge in [-0.1, -0.05) is 12.1 Å². The molecule has 1 saturated heterocycles. The van der Waals surface area contributed by atoms with Crippen LogP contribution in [0.5, 0.6) is 0 Å². The van der Waals surface area contributed by atoms with Gasteiger partial charge in [-0.15, -0.1) is 0 Å². The first-order chi connectivity index (χ1) is 14.2. The molecule has 4 rings (SSSR count). The fraction of sp³-hybridized carbons (Fsp3) is 0.273. The third-order valence-corrected chi connectivity index (χ3v) is 5.04. The third kappa shape index (κ3) is 4.68. The van der Waals surface area contributed by atoms with Gasteiger partial charge in [-0.2, -0.15) is 0 Å². The Morgan fingerprint density at radius 1 is 1.00 bits per heavy atom. The zero-order valence-corrected chi connectivity index (χ0v) is 16.5. The molecule has 3 aromatic rings. The summed E-state index contributed by atoms with van der Waals surface area (Å²) < 4.78 is 0. The Kier molecular flexibility index (Phi) is 5.65. The van der Waals surface area contributed by atoms with Gasteiger partial charge in [0.05, 0.1) is 12.4 Å². The van der Waals surface area contributed by atoms with Gasteiger partial charge in [0.25, 0.3) is 5.91 Å². The monoisotopic (exact) mass is 388 g/mol. The molecule has 1 amide bonds. The number of aromatic nitrogens is 3. The smallest absolute Gasteiger partial charge is 0.271 e. The van der Waals surface area contributed by atoms with Crippen LogP contribution in [-0.2, 0) is 6.54 Å². The predicted molar refractivity (Wildman–Crippen MR) is 113 cm³/mol. The minimum Gasteiger partial charge on any atom is -0.368 e. The van der Waals surface area contributed by atoms with Crippen LogP contribution < -0.4 is 15.1 Å². The Bertz CT molecular complexity index is 953. The van der Waals surface area contributed by atoms with Crippen LogP contribution in [0, 0.1) is 6.92 Å². The van der Waals surface area contributed by atoms with Crippen molar-refractivity contribution in [2.45, 2.75) is 13.5 Å². The molecule has 1 N–H and O–H groups in total. The normalized spacial score (nSPS) is 14.0. The van der Waals surface area contributed by atoms with E-state index >= 15 is 0 Å². The number of carbonyl (C=O) groups is 1. The molecule has 29 heavy (non-hydrogen) atoms. The van der Waals surface area contributed by atoms with Gasteiger partial charge in [0.1, 0.15) is 11.5 Å². The number of amides is 1. The lowest BCUT2D eigenvalue weighted by atomic mass is 10.2. The molecule has 1 aliphatic heterocycles. The molecule has 1 fully saturated rings. The molecule has 0 saturated carbocycles. The first kappa shape index (κ1) is 18.9. The third-order valence-electron chi connectivity index (χ3n) is 5.04. The van der Waals surface area contributed by atoms with Crippen molar-refractivity contribution < 1.29 is 4.79 Å². The van der Waals surface area contributed by atoms with E-state index < -0.39 is 0 Å². The molecule has 0 unspecified atom stereocenters. The Balaban J connectivity index is 1.32. The van der Waals surface area contributed by atoms with E-state index in [0.717, 1.165) is 37.6 Å². The van der Waals surface area contributed by atoms with Gasteiger partial charge in [-0.3, -0.25) is 9.78 Å². The van der Waals surface area contributed by atoms with Crippen LogP contribution in [0.2, 0.25) is 0 Å². The number of piperazine rings is 1. The largest absolute Gasteiger partial charge is 0.368 e. The standard InChI is InChI=1S/C22H24N6O/c1-17-3-2-4-19(13-17)27-9-11-28(12-10-27)21-16-24-20(15-25-21)22(29)26-14-18-5-7-23-8-6-18/h2-8,13,15-16H,9-12,14H2,1H3,(H,26,29). The highest BCUT2D eigenvalue weighted by molar-refractivity contribution is 5.91. The summed E-state index contributed by atoms with van der Waals surface area (Å²) in [6.07, 6.45) is 6.64. The number of carbonyl (C=O) groups excluding carboxylic acids is 1. The Hall–Kier alpha value is -3.48. The van der Waals surface area contributed by atoms with E-state index in [1.165, 1.54) is 11.3 Å². The fourth-order valence-corrected chi connectivity index (χ4v) is 3.39. The number of anilines is 2. The van der Waals surface area contributed by atoms with E-state index in [2.05, 4.69) is 61.3 Å². The molecule has 7 nitrogen and oxygen atoms in total. The molecule has 1 aromatic carbocycles. The average molecular weight is 388 g/mol. The second-order valence-corrected chi connectivity index (χ2v) is 7.11. The summed E-state index contributed by atoms with van der Waals surface area (Å²) >= 11 is 0. The van der Waals surface area contributed by atoms with Crippen molar-refractivity contribution >= 4 is 17.4 Å². The van der Waals surface area contributed by atoms with Crippen LogP contribution in [-0.4, -0.2) is 47.0 Å². The number of rotatable bonds is 5. The predicted octanol–water partition coefficient (Wildman–Crippen LogP) is 2.44. The van der Waals surface area contributed by atoms with Gasteiger partial charge in [0.2, 0.25) is 0 Å². The van der Waals surface area contributed by atoms with Gasteiger partial charge in [0.15, 0.2) is 0 Å². The van der Waals surface area contributed by atoms with E-state index in [1.54, 1.807) is 24.8 Å². The van der Waals surface area contributed by atoms with Crippen LogP contribution in [0.25, 0.3) is 0 Å². The SMILES string of the molecule is Cc1cccc(N2CCN(c3cnc(C(=O)NCc4ccncc4)cn3)CC2)c1. The number of hydrogen-bond acceptors (Lipinski definition) is 6. The van der Waals surface area contributed by atoms with E-state index in [1.807, 2.05) is 12.1 Å². The number of aryl methyl sites for hydroxylation is 1. The summed E-state index contributed by atoms with van der Waals surface area (Å²) in [4.78, 5) is 29.6. The van der Waals surface area contributed by atoms with Gasteiger partial charge in [0, 0.05) is 50.8 Å². The summed E-state index contributed by atoms with van der Waals surface area (Å²) in [6.45, 7) is 6.15. The first-order valence-corrected chi connectivity index (χ1v) is 9.75. The molecular formula is C22H24N6O. The molecule has 0 spiro atoms. The van der Waals surface area contributed by atoms with Crippen LogP contribution in [0.3, 0.4) is 0 Å². The highest BCUT2D eigenvalue weighted by Gasteiger charge is 2.19. The fourth-order valence-electron chi connectivity index (χ4n) is 3.39. The number of hydrogen-bond donors (Lipinski definition) is 1. The van der Waals surface area contributed by atoms with Crippen LogP contribution in [0.15, 0.2) is 61.2 Å². The second-order valence-electron chi connectivity index (χ2n) is 7.11. The van der Waals surface area contributed by atoms with Crippen molar-refractivity contribution in [3.8, 4) is 0 Å². The van der Waals surface area contributed by atoms with Crippen molar-refractivity contribution in [1.82, 2.24) is 20.3 Å². The Morgan fingerprint density at radius 2 is 1.76 bits per heavy atom. The van der Waals surface area contributed by atoms with E-state index in [9.17, 15) is 4.79 Å². The zero-order valence-electron chi connectivity index (χ0n) is 16.5. The highest BCUT2D eigenvalue weighted by Crippen LogP contribution is 2.20. The summed E-state index contributed by atoms with van der Waals surface area (Å²) in [6, 6.07) is 12.3. The van der Waals surface area contributed by atoms with E-state index in [-0.39, 0.29) is 5.91 Å². The van der Waals surface area contributed by atoms with Crippen molar-refractivity contribution in [2.24, 2.45) is 0 Å². The van der Waals surface area contributed by atoms with Crippen LogP contribution in [0.4, 0.5) is 11.5 Å². The highest BCUT2D eigenvalue weighted by atomic mass is 16.1. The van der Waals surface area contributed by atoms with Crippen LogP contribution >= 0.6 is 0 Å². The summed E-state index contributed by atoms with van der Waals surface area (Å²) in [7, 11) is 0. The van der Waals surface area contributed by atoms with Gasteiger partial charge in [-0.05, 0) is 42.3 Å². The second kappa shape index (κ2) is 8.68. The minimum atomic E-state index is -0.231. The molecule has 7 heteroatoms. The van der Waals surface area contributed by atoms with Gasteiger partial charge in [-0.25, -0.2) is 9.97 Å². The van der Waals surface area contributed by atoms with E-state index in [4.69, 9.17) is 0 Å². The minimum absolute atomic E-state index is 0.231. The molecule has 0 atom stereocenters. The first-order valence-electron chi connectivity index (χ1n) is 9.75. The molecule has 0 aliphatic carbocycles. The molecule has 0 radical (unpaired) electrons. The summed E-state index contributed by atoms with van der Waals surface area (Å²) in [5.41, 5.74) is 3.84. The zero-order chi connectivity index (χ0) is 20.1. The molecule has 3 heterocycles. The average Bonchev–Trinajstić information content (AvgIpc) is 2.78. The van der Waals surface area contributed by atoms with Crippen molar-refractivity contribution in [1.29, 1.82) is 0 Å². The quantitative estimate of drug-likeness (QED) is 0.724. The molecule has 1 aliphatic rings. The number of nitrogens with one attached hydrogen (secondary N) is 1. The van der Waals surface area contributed by atoms with Crippen molar-refractivity contribution in [2.75, 3.05) is 36.0 Å². The number of benzene rings is 1. The maximum atomic E-state index is 12.3. The summed E-state index contributed by atoms with van der Waals surface area (Å²) in [5, 5.41) is 2.85. The van der Waals surface area contributed by atoms with Gasteiger partial charge >= 0.3 is 0 Å². The Labute approximate surface area is 170 Å². The topological polar surface area (TPSA) is 74.2 Å². The maximum absolute atomic E-state index is 12.3. The number of nitrogens with zero attached hydrogens (tertiary/aromatic N) is 5. The number of pyridine rings is 1. The lowest BCUT2D eigenvalue weighted by molar-refractivity contribution is 0.0945. The molecular weight excluding hydrogens is 364 g/mol. The summed E-state index contributed by atoms with van der Waals surface area (Å²) in [5.74, 6) is 0.574. The van der Waals surface area contributed by atoms with Crippen molar-refractivity contribution in [3.05, 3.63) is 78.0 Å². The van der Waals surface area contributed by atoms with Crippen LogP contribution in [0.1, 0.15) is 21.6 Å². The van der Waals surface area contributed by atoms with Gasteiger partial charge < -0.3 is 15.1 Å². The molecule has 148 valence electrons. The Morgan fingerprint density at radius 3 is 2.45 bits per heavy atom. The van der Waals surface area contributed by atoms with E-state index in [0.29, 0.717) is 12.2 Å². The maximum Gasteiger partial charge on any atom is 0.271 e. The lowest BCUT2D eigenvalue weighted by Crippen LogP contribution is -2.46. The lowest BCUT2D eigenvalue weighted by Gasteiger charge is -2.36. The molecule has 0 bridgehead atoms. The molecule has 2 aromatic heterocycles. The van der Waals surface area contributed by atoms with Crippen molar-refractivity contribution in [3.63, 3.8) is 0 Å².